The molecule has 2 aliphatic rings. The van der Waals surface area contributed by atoms with Crippen molar-refractivity contribution in [3.8, 4) is 0 Å². The predicted molar refractivity (Wildman–Crippen MR) is 152 cm³/mol. The molecular weight excluding hydrogens is 533 g/mol. The lowest BCUT2D eigenvalue weighted by atomic mass is 10.1. The maximum absolute atomic E-state index is 14.3. The first-order valence-corrected chi connectivity index (χ1v) is 14.1. The van der Waals surface area contributed by atoms with Gasteiger partial charge >= 0.3 is 5.69 Å². The molecule has 4 aromatic rings. The molecule has 10 nitrogen and oxygen atoms in total. The second kappa shape index (κ2) is 10.5. The molecule has 1 saturated heterocycles. The van der Waals surface area contributed by atoms with Gasteiger partial charge in [0.15, 0.2) is 5.13 Å². The molecule has 208 valence electrons. The first-order chi connectivity index (χ1) is 19.3. The number of piperazine rings is 1. The molecule has 6 rings (SSSR count). The number of benzene rings is 2. The number of nitrogens with zero attached hydrogens (tertiary/aromatic N) is 5. The number of hydrogen-bond donors (Lipinski definition) is 2. The number of halogens is 1. The quantitative estimate of drug-likeness (QED) is 0.387. The Kier molecular flexibility index (Phi) is 6.88. The van der Waals surface area contributed by atoms with Crippen molar-refractivity contribution in [2.45, 2.75) is 32.5 Å². The van der Waals surface area contributed by atoms with Crippen LogP contribution in [-0.2, 0) is 24.3 Å². The fraction of sp³-hybridized carbons (Fsp3) is 0.357. The van der Waals surface area contributed by atoms with E-state index in [1.54, 1.807) is 17.0 Å². The Balaban J connectivity index is 1.17. The molecule has 4 heterocycles. The van der Waals surface area contributed by atoms with Gasteiger partial charge in [0, 0.05) is 55.8 Å². The van der Waals surface area contributed by atoms with Crippen molar-refractivity contribution in [1.82, 2.24) is 24.3 Å². The Morgan fingerprint density at radius 3 is 2.83 bits per heavy atom. The Morgan fingerprint density at radius 1 is 1.18 bits per heavy atom. The summed E-state index contributed by atoms with van der Waals surface area (Å²) in [7, 11) is 2.05. The topological polar surface area (TPSA) is 107 Å². The van der Waals surface area contributed by atoms with E-state index in [0.29, 0.717) is 41.5 Å². The van der Waals surface area contributed by atoms with E-state index in [-0.39, 0.29) is 29.7 Å². The Hall–Kier alpha value is -4.03. The van der Waals surface area contributed by atoms with Gasteiger partial charge in [0.1, 0.15) is 12.4 Å². The van der Waals surface area contributed by atoms with E-state index in [1.807, 2.05) is 30.0 Å². The summed E-state index contributed by atoms with van der Waals surface area (Å²) in [5.41, 5.74) is 2.88. The summed E-state index contributed by atoms with van der Waals surface area (Å²) >= 11 is 1.45. The van der Waals surface area contributed by atoms with Crippen LogP contribution in [-0.4, -0.2) is 75.4 Å². The van der Waals surface area contributed by atoms with E-state index in [1.165, 1.54) is 28.0 Å². The van der Waals surface area contributed by atoms with Crippen LogP contribution >= 0.6 is 11.3 Å². The molecule has 40 heavy (non-hydrogen) atoms. The average molecular weight is 564 g/mol. The number of anilines is 2. The molecule has 0 radical (unpaired) electrons. The lowest BCUT2D eigenvalue weighted by molar-refractivity contribution is -0.134. The molecule has 1 fully saturated rings. The lowest BCUT2D eigenvalue weighted by Gasteiger charge is -2.41. The first kappa shape index (κ1) is 26.2. The molecule has 2 aliphatic heterocycles. The molecule has 2 aromatic heterocycles. The highest BCUT2D eigenvalue weighted by atomic mass is 32.1. The number of rotatable bonds is 5. The molecule has 0 saturated carbocycles. The molecule has 0 spiro atoms. The molecule has 0 unspecified atom stereocenters. The van der Waals surface area contributed by atoms with Crippen molar-refractivity contribution in [2.24, 2.45) is 0 Å². The Bertz CT molecular complexity index is 1660. The number of H-pyrrole nitrogens is 1. The number of aromatic nitrogens is 3. The number of carbonyl (C=O) groups is 2. The number of nitrogens with one attached hydrogen (secondary N) is 2. The number of fused-ring (bicyclic) bond motifs is 2. The fourth-order valence-corrected chi connectivity index (χ4v) is 6.63. The summed E-state index contributed by atoms with van der Waals surface area (Å²) in [6.07, 6.45) is 0.833. The smallest absolute Gasteiger partial charge is 0.326 e. The standard InChI is InChI=1S/C28H30FN7O3S/c1-17-14-34(11-12-35(17)25(37)16-36-23-6-4-3-5-20(23)31-28(36)39)22-8-7-18(29)13-19(22)26(38)32-27-30-21-9-10-33(2)15-24(21)40-27/h3-8,13,17H,9-12,14-16H2,1-2H3,(H,31,39)(H,30,32,38)/t17-/m0/s1. The third kappa shape index (κ3) is 5.00. The summed E-state index contributed by atoms with van der Waals surface area (Å²) < 4.78 is 15.8. The van der Waals surface area contributed by atoms with E-state index in [4.69, 9.17) is 0 Å². The SMILES string of the molecule is C[C@H]1CN(c2ccc(F)cc2C(=O)Nc2nc3c(s2)CN(C)CC3)CCN1C(=O)Cn1c(=O)[nH]c2ccccc21. The third-order valence-electron chi connectivity index (χ3n) is 7.61. The normalized spacial score (nSPS) is 17.7. The highest BCUT2D eigenvalue weighted by Crippen LogP contribution is 2.30. The van der Waals surface area contributed by atoms with E-state index in [0.717, 1.165) is 30.1 Å². The number of likely N-dealkylation sites (N-methyl/N-ethyl adjacent to an activating group) is 1. The van der Waals surface area contributed by atoms with Crippen molar-refractivity contribution < 1.29 is 14.0 Å². The minimum absolute atomic E-state index is 0.0645. The van der Waals surface area contributed by atoms with Crippen molar-refractivity contribution in [3.05, 3.63) is 74.9 Å². The van der Waals surface area contributed by atoms with Gasteiger partial charge in [-0.25, -0.2) is 14.2 Å². The molecule has 0 bridgehead atoms. The second-order valence-electron chi connectivity index (χ2n) is 10.4. The van der Waals surface area contributed by atoms with E-state index >= 15 is 0 Å². The number of thiazole rings is 1. The minimum atomic E-state index is -0.500. The highest BCUT2D eigenvalue weighted by Gasteiger charge is 2.30. The van der Waals surface area contributed by atoms with Crippen LogP contribution in [0.2, 0.25) is 0 Å². The van der Waals surface area contributed by atoms with Crippen LogP contribution in [0.3, 0.4) is 0 Å². The van der Waals surface area contributed by atoms with Crippen molar-refractivity contribution in [1.29, 1.82) is 0 Å². The summed E-state index contributed by atoms with van der Waals surface area (Å²) in [6, 6.07) is 11.3. The number of para-hydroxylation sites is 2. The predicted octanol–water partition coefficient (Wildman–Crippen LogP) is 2.90. The van der Waals surface area contributed by atoms with Gasteiger partial charge in [-0.2, -0.15) is 0 Å². The van der Waals surface area contributed by atoms with Gasteiger partial charge in [0.05, 0.1) is 22.3 Å². The number of imidazole rings is 1. The first-order valence-electron chi connectivity index (χ1n) is 13.3. The monoisotopic (exact) mass is 563 g/mol. The second-order valence-corrected chi connectivity index (χ2v) is 11.5. The molecule has 12 heteroatoms. The van der Waals surface area contributed by atoms with Crippen molar-refractivity contribution in [2.75, 3.05) is 43.4 Å². The molecule has 2 amide bonds. The van der Waals surface area contributed by atoms with E-state index < -0.39 is 11.7 Å². The Labute approximate surface area is 234 Å². The third-order valence-corrected chi connectivity index (χ3v) is 8.61. The maximum Gasteiger partial charge on any atom is 0.326 e. The zero-order valence-electron chi connectivity index (χ0n) is 22.3. The van der Waals surface area contributed by atoms with Crippen LogP contribution in [0.25, 0.3) is 11.0 Å². The molecular formula is C28H30FN7O3S. The Morgan fingerprint density at radius 2 is 2.00 bits per heavy atom. The lowest BCUT2D eigenvalue weighted by Crippen LogP contribution is -2.55. The van der Waals surface area contributed by atoms with Crippen LogP contribution in [0.15, 0.2) is 47.3 Å². The van der Waals surface area contributed by atoms with Crippen LogP contribution in [0, 0.1) is 5.82 Å². The summed E-state index contributed by atoms with van der Waals surface area (Å²) in [4.78, 5) is 53.5. The van der Waals surface area contributed by atoms with Crippen LogP contribution in [0.1, 0.15) is 27.9 Å². The molecule has 2 N–H and O–H groups in total. The van der Waals surface area contributed by atoms with Gasteiger partial charge in [0.25, 0.3) is 5.91 Å². The minimum Gasteiger partial charge on any atom is -0.367 e. The summed E-state index contributed by atoms with van der Waals surface area (Å²) in [5, 5.41) is 3.39. The van der Waals surface area contributed by atoms with Crippen molar-refractivity contribution >= 4 is 45.0 Å². The molecule has 2 aromatic carbocycles. The van der Waals surface area contributed by atoms with Gasteiger partial charge in [-0.3, -0.25) is 19.5 Å². The van der Waals surface area contributed by atoms with Gasteiger partial charge < -0.3 is 19.7 Å². The highest BCUT2D eigenvalue weighted by molar-refractivity contribution is 7.15. The van der Waals surface area contributed by atoms with Gasteiger partial charge in [-0.05, 0) is 44.3 Å². The number of carbonyl (C=O) groups excluding carboxylic acids is 2. The maximum atomic E-state index is 14.3. The zero-order valence-corrected chi connectivity index (χ0v) is 23.1. The average Bonchev–Trinajstić information content (AvgIpc) is 3.47. The number of amides is 2. The fourth-order valence-electron chi connectivity index (χ4n) is 5.54. The molecule has 0 aliphatic carbocycles. The molecule has 1 atom stereocenters. The number of aromatic amines is 1. The van der Waals surface area contributed by atoms with E-state index in [9.17, 15) is 18.8 Å². The van der Waals surface area contributed by atoms with Crippen LogP contribution in [0.4, 0.5) is 15.2 Å². The van der Waals surface area contributed by atoms with Gasteiger partial charge in [-0.15, -0.1) is 11.3 Å². The van der Waals surface area contributed by atoms with Gasteiger partial charge in [0.2, 0.25) is 5.91 Å². The van der Waals surface area contributed by atoms with Crippen LogP contribution in [0.5, 0.6) is 0 Å². The van der Waals surface area contributed by atoms with Gasteiger partial charge in [-0.1, -0.05) is 12.1 Å². The van der Waals surface area contributed by atoms with Crippen LogP contribution < -0.4 is 15.9 Å². The summed E-state index contributed by atoms with van der Waals surface area (Å²) in [6.45, 7) is 4.91. The largest absolute Gasteiger partial charge is 0.367 e. The van der Waals surface area contributed by atoms with Crippen molar-refractivity contribution in [3.63, 3.8) is 0 Å². The summed E-state index contributed by atoms with van der Waals surface area (Å²) in [5.74, 6) is -1.08. The number of hydrogen-bond acceptors (Lipinski definition) is 7. The van der Waals surface area contributed by atoms with E-state index in [2.05, 4.69) is 27.2 Å². The zero-order chi connectivity index (χ0) is 28.0.